The molecule has 0 saturated heterocycles. The van der Waals surface area contributed by atoms with Crippen LogP contribution in [0, 0.1) is 0 Å². The summed E-state index contributed by atoms with van der Waals surface area (Å²) >= 11 is 0. The highest BCUT2D eigenvalue weighted by Crippen LogP contribution is 2.05. The van der Waals surface area contributed by atoms with Gasteiger partial charge in [0, 0.05) is 39.4 Å². The average Bonchev–Trinajstić information content (AvgIpc) is 2.56. The monoisotopic (exact) mass is 434 g/mol. The summed E-state index contributed by atoms with van der Waals surface area (Å²) < 4.78 is 5.02. The van der Waals surface area contributed by atoms with Crippen molar-refractivity contribution in [2.24, 2.45) is 4.99 Å². The summed E-state index contributed by atoms with van der Waals surface area (Å²) in [5.41, 5.74) is 1.71. The number of rotatable bonds is 8. The zero-order chi connectivity index (χ0) is 16.2. The number of hydrogen-bond acceptors (Lipinski definition) is 3. The van der Waals surface area contributed by atoms with Crippen molar-refractivity contribution in [3.8, 4) is 0 Å². The molecular formula is C16H27IN4O2. The Morgan fingerprint density at radius 2 is 1.91 bits per heavy atom. The number of carbonyl (C=O) groups is 1. The van der Waals surface area contributed by atoms with Gasteiger partial charge in [0.15, 0.2) is 5.96 Å². The first kappa shape index (κ1) is 21.6. The number of carbonyl (C=O) groups excluding carboxylic acids is 1. The molecule has 0 atom stereocenters. The van der Waals surface area contributed by atoms with Gasteiger partial charge in [0.2, 0.25) is 0 Å². The van der Waals surface area contributed by atoms with Gasteiger partial charge in [0.25, 0.3) is 5.91 Å². The van der Waals surface area contributed by atoms with Crippen molar-refractivity contribution in [3.63, 3.8) is 0 Å². The lowest BCUT2D eigenvalue weighted by Crippen LogP contribution is -2.38. The van der Waals surface area contributed by atoms with Crippen molar-refractivity contribution in [1.29, 1.82) is 0 Å². The van der Waals surface area contributed by atoms with Gasteiger partial charge in [0.1, 0.15) is 0 Å². The van der Waals surface area contributed by atoms with Crippen molar-refractivity contribution in [3.05, 3.63) is 35.4 Å². The van der Waals surface area contributed by atoms with Crippen LogP contribution >= 0.6 is 24.0 Å². The van der Waals surface area contributed by atoms with E-state index in [2.05, 4.69) is 20.9 Å². The van der Waals surface area contributed by atoms with E-state index in [0.717, 1.165) is 37.6 Å². The van der Waals surface area contributed by atoms with Crippen LogP contribution in [0.5, 0.6) is 0 Å². The maximum absolute atomic E-state index is 11.5. The molecule has 7 heteroatoms. The summed E-state index contributed by atoms with van der Waals surface area (Å²) in [4.78, 5) is 16.0. The second-order valence-electron chi connectivity index (χ2n) is 4.74. The fourth-order valence-corrected chi connectivity index (χ4v) is 1.84. The number of halogens is 1. The standard InChI is InChI=1S/C16H26N4O2.HI/c1-4-18-16(19-10-5-11-22-3)20-12-13-6-8-14(9-7-13)15(21)17-2;/h6-9H,4-5,10-12H2,1-3H3,(H,17,21)(H2,18,19,20);1H. The minimum absolute atomic E-state index is 0. The fourth-order valence-electron chi connectivity index (χ4n) is 1.84. The van der Waals surface area contributed by atoms with E-state index in [1.807, 2.05) is 31.2 Å². The van der Waals surface area contributed by atoms with Crippen LogP contribution in [0.3, 0.4) is 0 Å². The Bertz CT molecular complexity index is 477. The van der Waals surface area contributed by atoms with Gasteiger partial charge in [-0.05, 0) is 31.0 Å². The SMILES string of the molecule is CCNC(=NCc1ccc(C(=O)NC)cc1)NCCCOC.I. The van der Waals surface area contributed by atoms with E-state index in [9.17, 15) is 4.79 Å². The molecule has 0 aliphatic heterocycles. The molecule has 1 aromatic rings. The predicted molar refractivity (Wildman–Crippen MR) is 105 cm³/mol. The molecule has 0 fully saturated rings. The van der Waals surface area contributed by atoms with Crippen molar-refractivity contribution < 1.29 is 9.53 Å². The summed E-state index contributed by atoms with van der Waals surface area (Å²) in [5.74, 6) is 0.706. The van der Waals surface area contributed by atoms with Crippen LogP contribution in [-0.4, -0.2) is 45.7 Å². The predicted octanol–water partition coefficient (Wildman–Crippen LogP) is 1.76. The van der Waals surface area contributed by atoms with Crippen LogP contribution in [0.2, 0.25) is 0 Å². The Kier molecular flexibility index (Phi) is 12.4. The van der Waals surface area contributed by atoms with E-state index < -0.39 is 0 Å². The first-order valence-electron chi connectivity index (χ1n) is 7.53. The summed E-state index contributed by atoms with van der Waals surface area (Å²) in [7, 11) is 3.32. The quantitative estimate of drug-likeness (QED) is 0.252. The minimum Gasteiger partial charge on any atom is -0.385 e. The highest BCUT2D eigenvalue weighted by atomic mass is 127. The lowest BCUT2D eigenvalue weighted by molar-refractivity contribution is 0.0963. The third kappa shape index (κ3) is 8.75. The Morgan fingerprint density at radius 3 is 2.48 bits per heavy atom. The van der Waals surface area contributed by atoms with Gasteiger partial charge in [-0.15, -0.1) is 24.0 Å². The maximum Gasteiger partial charge on any atom is 0.251 e. The molecule has 1 rings (SSSR count). The van der Waals surface area contributed by atoms with Crippen LogP contribution in [0.1, 0.15) is 29.3 Å². The third-order valence-electron chi connectivity index (χ3n) is 3.02. The molecule has 0 saturated carbocycles. The van der Waals surface area contributed by atoms with E-state index in [-0.39, 0.29) is 29.9 Å². The molecule has 0 spiro atoms. The molecular weight excluding hydrogens is 407 g/mol. The molecule has 6 nitrogen and oxygen atoms in total. The van der Waals surface area contributed by atoms with E-state index in [0.29, 0.717) is 12.1 Å². The first-order chi connectivity index (χ1) is 10.7. The number of nitrogens with zero attached hydrogens (tertiary/aromatic N) is 1. The number of ether oxygens (including phenoxy) is 1. The zero-order valence-corrected chi connectivity index (χ0v) is 16.3. The topological polar surface area (TPSA) is 74.8 Å². The zero-order valence-electron chi connectivity index (χ0n) is 14.0. The van der Waals surface area contributed by atoms with E-state index in [1.165, 1.54) is 0 Å². The molecule has 130 valence electrons. The largest absolute Gasteiger partial charge is 0.385 e. The fraction of sp³-hybridized carbons (Fsp3) is 0.500. The van der Waals surface area contributed by atoms with Crippen molar-refractivity contribution in [2.45, 2.75) is 19.9 Å². The van der Waals surface area contributed by atoms with Gasteiger partial charge in [-0.1, -0.05) is 12.1 Å². The molecule has 1 aromatic carbocycles. The number of nitrogens with one attached hydrogen (secondary N) is 3. The molecule has 3 N–H and O–H groups in total. The second-order valence-corrected chi connectivity index (χ2v) is 4.74. The van der Waals surface area contributed by atoms with Crippen molar-refractivity contribution >= 4 is 35.8 Å². The summed E-state index contributed by atoms with van der Waals surface area (Å²) in [5, 5.41) is 9.07. The molecule has 0 aliphatic rings. The summed E-state index contributed by atoms with van der Waals surface area (Å²) in [6.45, 7) is 4.95. The van der Waals surface area contributed by atoms with Gasteiger partial charge < -0.3 is 20.7 Å². The molecule has 0 radical (unpaired) electrons. The van der Waals surface area contributed by atoms with Crippen LogP contribution in [0.15, 0.2) is 29.3 Å². The lowest BCUT2D eigenvalue weighted by Gasteiger charge is -2.11. The minimum atomic E-state index is -0.0804. The lowest BCUT2D eigenvalue weighted by atomic mass is 10.1. The number of guanidine groups is 1. The van der Waals surface area contributed by atoms with Crippen LogP contribution < -0.4 is 16.0 Å². The second kappa shape index (κ2) is 13.1. The van der Waals surface area contributed by atoms with Gasteiger partial charge in [0.05, 0.1) is 6.54 Å². The highest BCUT2D eigenvalue weighted by Gasteiger charge is 2.02. The molecule has 1 amide bonds. The molecule has 0 aliphatic carbocycles. The number of benzene rings is 1. The Labute approximate surface area is 155 Å². The summed E-state index contributed by atoms with van der Waals surface area (Å²) in [6.07, 6.45) is 0.932. The third-order valence-corrected chi connectivity index (χ3v) is 3.02. The molecule has 0 unspecified atom stereocenters. The highest BCUT2D eigenvalue weighted by molar-refractivity contribution is 14.0. The molecule has 0 heterocycles. The van der Waals surface area contributed by atoms with E-state index in [1.54, 1.807) is 14.2 Å². The Balaban J connectivity index is 0.00000484. The van der Waals surface area contributed by atoms with Crippen LogP contribution in [0.25, 0.3) is 0 Å². The van der Waals surface area contributed by atoms with Gasteiger partial charge in [-0.2, -0.15) is 0 Å². The molecule has 0 aromatic heterocycles. The molecule has 0 bridgehead atoms. The molecule has 23 heavy (non-hydrogen) atoms. The number of amides is 1. The number of aliphatic imine (C=N–C) groups is 1. The smallest absolute Gasteiger partial charge is 0.251 e. The van der Waals surface area contributed by atoms with Gasteiger partial charge >= 0.3 is 0 Å². The number of hydrogen-bond donors (Lipinski definition) is 3. The van der Waals surface area contributed by atoms with Crippen molar-refractivity contribution in [1.82, 2.24) is 16.0 Å². The van der Waals surface area contributed by atoms with Crippen molar-refractivity contribution in [2.75, 3.05) is 33.9 Å². The van der Waals surface area contributed by atoms with Gasteiger partial charge in [-0.3, -0.25) is 4.79 Å². The van der Waals surface area contributed by atoms with Crippen LogP contribution in [-0.2, 0) is 11.3 Å². The van der Waals surface area contributed by atoms with Crippen LogP contribution in [0.4, 0.5) is 0 Å². The Hall–Kier alpha value is -1.35. The summed E-state index contributed by atoms with van der Waals surface area (Å²) in [6, 6.07) is 7.45. The van der Waals surface area contributed by atoms with Gasteiger partial charge in [-0.25, -0.2) is 4.99 Å². The normalized spacial score (nSPS) is 10.7. The number of methoxy groups -OCH3 is 1. The maximum atomic E-state index is 11.5. The first-order valence-corrected chi connectivity index (χ1v) is 7.53. The van der Waals surface area contributed by atoms with E-state index in [4.69, 9.17) is 4.74 Å². The van der Waals surface area contributed by atoms with E-state index >= 15 is 0 Å². The average molecular weight is 434 g/mol. The Morgan fingerprint density at radius 1 is 1.22 bits per heavy atom.